The smallest absolute Gasteiger partial charge is 0.256 e. The molecule has 5 heteroatoms. The van der Waals surface area contributed by atoms with Crippen molar-refractivity contribution >= 4 is 5.91 Å². The Morgan fingerprint density at radius 3 is 2.50 bits per heavy atom. The number of hydrogen-bond donors (Lipinski definition) is 1. The molecule has 1 aromatic rings. The van der Waals surface area contributed by atoms with E-state index in [4.69, 9.17) is 4.74 Å². The zero-order valence-corrected chi connectivity index (χ0v) is 15.6. The van der Waals surface area contributed by atoms with E-state index < -0.39 is 6.10 Å². The fourth-order valence-electron chi connectivity index (χ4n) is 4.58. The van der Waals surface area contributed by atoms with E-state index in [2.05, 4.69) is 10.2 Å². The van der Waals surface area contributed by atoms with Gasteiger partial charge in [-0.3, -0.25) is 9.69 Å². The summed E-state index contributed by atoms with van der Waals surface area (Å²) < 4.78 is 6.34. The Labute approximate surface area is 156 Å². The number of amides is 1. The second kappa shape index (κ2) is 8.51. The molecule has 3 fully saturated rings. The Bertz CT molecular complexity index is 582. The molecule has 5 nitrogen and oxygen atoms in total. The summed E-state index contributed by atoms with van der Waals surface area (Å²) in [5, 5.41) is 3.41. The number of nitrogens with zero attached hydrogens (tertiary/aromatic N) is 2. The van der Waals surface area contributed by atoms with E-state index in [9.17, 15) is 4.79 Å². The van der Waals surface area contributed by atoms with Crippen LogP contribution in [0.15, 0.2) is 30.3 Å². The number of hydrogen-bond acceptors (Lipinski definition) is 4. The molecule has 1 N–H and O–H groups in total. The van der Waals surface area contributed by atoms with Crippen molar-refractivity contribution in [3.05, 3.63) is 35.9 Å². The Morgan fingerprint density at radius 2 is 1.77 bits per heavy atom. The maximum atomic E-state index is 13.3. The fraction of sp³-hybridized carbons (Fsp3) is 0.667. The van der Waals surface area contributed by atoms with Gasteiger partial charge in [0.15, 0.2) is 6.10 Å². The number of likely N-dealkylation sites (tertiary alicyclic amines) is 1. The normalized spacial score (nSPS) is 26.3. The standard InChI is InChI=1S/C21H31N3O2/c25-21(24-13-10-18(16-24)23-14-11-22-12-15-23)20(17-6-2-1-3-7-17)26-19-8-4-5-9-19/h1-3,6-7,18-20,22H,4-5,8-16H2. The lowest BCUT2D eigenvalue weighted by atomic mass is 10.1. The molecule has 0 spiro atoms. The summed E-state index contributed by atoms with van der Waals surface area (Å²) in [6, 6.07) is 10.6. The van der Waals surface area contributed by atoms with Gasteiger partial charge in [-0.25, -0.2) is 0 Å². The lowest BCUT2D eigenvalue weighted by Gasteiger charge is -2.33. The van der Waals surface area contributed by atoms with Crippen molar-refractivity contribution in [2.75, 3.05) is 39.3 Å². The molecule has 0 bridgehead atoms. The Hall–Kier alpha value is -1.43. The highest BCUT2D eigenvalue weighted by atomic mass is 16.5. The highest BCUT2D eigenvalue weighted by Gasteiger charge is 2.36. The van der Waals surface area contributed by atoms with Crippen molar-refractivity contribution in [3.63, 3.8) is 0 Å². The SMILES string of the molecule is O=C(C(OC1CCCC1)c1ccccc1)N1CCC(N2CCNCC2)C1. The second-order valence-corrected chi connectivity index (χ2v) is 7.85. The molecule has 2 atom stereocenters. The van der Waals surface area contributed by atoms with E-state index in [0.717, 1.165) is 64.1 Å². The van der Waals surface area contributed by atoms with Crippen LogP contribution in [-0.2, 0) is 9.53 Å². The van der Waals surface area contributed by atoms with Crippen LogP contribution in [-0.4, -0.2) is 67.1 Å². The number of carbonyl (C=O) groups excluding carboxylic acids is 1. The third-order valence-electron chi connectivity index (χ3n) is 6.10. The van der Waals surface area contributed by atoms with Crippen molar-refractivity contribution in [2.24, 2.45) is 0 Å². The first-order valence-corrected chi connectivity index (χ1v) is 10.3. The largest absolute Gasteiger partial charge is 0.360 e. The molecule has 1 aliphatic carbocycles. The van der Waals surface area contributed by atoms with E-state index >= 15 is 0 Å². The maximum absolute atomic E-state index is 13.3. The quantitative estimate of drug-likeness (QED) is 0.877. The minimum absolute atomic E-state index is 0.153. The lowest BCUT2D eigenvalue weighted by molar-refractivity contribution is -0.147. The first-order valence-electron chi connectivity index (χ1n) is 10.3. The molecular formula is C21H31N3O2. The fourth-order valence-corrected chi connectivity index (χ4v) is 4.58. The van der Waals surface area contributed by atoms with Crippen LogP contribution in [0.2, 0.25) is 0 Å². The van der Waals surface area contributed by atoms with Gasteiger partial charge in [-0.15, -0.1) is 0 Å². The summed E-state index contributed by atoms with van der Waals surface area (Å²) in [6.07, 6.45) is 5.47. The van der Waals surface area contributed by atoms with Crippen LogP contribution in [0.1, 0.15) is 43.8 Å². The predicted octanol–water partition coefficient (Wildman–Crippen LogP) is 2.19. The van der Waals surface area contributed by atoms with Gasteiger partial charge in [0.1, 0.15) is 0 Å². The van der Waals surface area contributed by atoms with Gasteiger partial charge in [-0.2, -0.15) is 0 Å². The third kappa shape index (κ3) is 4.11. The van der Waals surface area contributed by atoms with Gasteiger partial charge in [0, 0.05) is 45.3 Å². The van der Waals surface area contributed by atoms with Crippen LogP contribution < -0.4 is 5.32 Å². The summed E-state index contributed by atoms with van der Waals surface area (Å²) in [7, 11) is 0. The average molecular weight is 357 g/mol. The molecule has 2 aliphatic heterocycles. The molecule has 2 unspecified atom stereocenters. The first-order chi connectivity index (χ1) is 12.8. The molecule has 4 rings (SSSR count). The molecule has 26 heavy (non-hydrogen) atoms. The first kappa shape index (κ1) is 18.0. The molecule has 0 radical (unpaired) electrons. The van der Waals surface area contributed by atoms with Gasteiger partial charge in [0.05, 0.1) is 6.10 Å². The number of piperazine rings is 1. The summed E-state index contributed by atoms with van der Waals surface area (Å²) >= 11 is 0. The van der Waals surface area contributed by atoms with Gasteiger partial charge in [0.25, 0.3) is 5.91 Å². The highest BCUT2D eigenvalue weighted by Crippen LogP contribution is 2.30. The molecule has 1 saturated carbocycles. The van der Waals surface area contributed by atoms with Gasteiger partial charge < -0.3 is 15.0 Å². The number of benzene rings is 1. The Kier molecular flexibility index (Phi) is 5.88. The van der Waals surface area contributed by atoms with Crippen LogP contribution in [0.5, 0.6) is 0 Å². The van der Waals surface area contributed by atoms with E-state index in [1.165, 1.54) is 12.8 Å². The third-order valence-corrected chi connectivity index (χ3v) is 6.10. The minimum atomic E-state index is -0.443. The summed E-state index contributed by atoms with van der Waals surface area (Å²) in [4.78, 5) is 17.9. The van der Waals surface area contributed by atoms with Crippen molar-refractivity contribution in [3.8, 4) is 0 Å². The lowest BCUT2D eigenvalue weighted by Crippen LogP contribution is -2.49. The van der Waals surface area contributed by atoms with E-state index in [1.807, 2.05) is 35.2 Å². The zero-order chi connectivity index (χ0) is 17.8. The second-order valence-electron chi connectivity index (χ2n) is 7.85. The van der Waals surface area contributed by atoms with E-state index in [0.29, 0.717) is 6.04 Å². The van der Waals surface area contributed by atoms with Crippen LogP contribution >= 0.6 is 0 Å². The summed E-state index contributed by atoms with van der Waals surface area (Å²) in [6.45, 7) is 5.99. The van der Waals surface area contributed by atoms with E-state index in [-0.39, 0.29) is 12.0 Å². The van der Waals surface area contributed by atoms with Crippen LogP contribution in [0.25, 0.3) is 0 Å². The predicted molar refractivity (Wildman–Crippen MR) is 102 cm³/mol. The van der Waals surface area contributed by atoms with Crippen molar-refractivity contribution < 1.29 is 9.53 Å². The molecule has 142 valence electrons. The Balaban J connectivity index is 1.43. The van der Waals surface area contributed by atoms with Crippen molar-refractivity contribution in [1.29, 1.82) is 0 Å². The minimum Gasteiger partial charge on any atom is -0.360 e. The van der Waals surface area contributed by atoms with Crippen LogP contribution in [0.3, 0.4) is 0 Å². The van der Waals surface area contributed by atoms with Crippen LogP contribution in [0.4, 0.5) is 0 Å². The molecule has 0 aromatic heterocycles. The van der Waals surface area contributed by atoms with Gasteiger partial charge in [-0.05, 0) is 24.8 Å². The molecular weight excluding hydrogens is 326 g/mol. The average Bonchev–Trinajstić information content (AvgIpc) is 3.39. The van der Waals surface area contributed by atoms with Gasteiger partial charge in [-0.1, -0.05) is 43.2 Å². The number of nitrogens with one attached hydrogen (secondary N) is 1. The monoisotopic (exact) mass is 357 g/mol. The maximum Gasteiger partial charge on any atom is 0.256 e. The van der Waals surface area contributed by atoms with Gasteiger partial charge in [0.2, 0.25) is 0 Å². The number of ether oxygens (including phenoxy) is 1. The van der Waals surface area contributed by atoms with Crippen LogP contribution in [0, 0.1) is 0 Å². The van der Waals surface area contributed by atoms with Crippen molar-refractivity contribution in [2.45, 2.75) is 50.4 Å². The molecule has 2 heterocycles. The molecule has 2 saturated heterocycles. The van der Waals surface area contributed by atoms with Crippen molar-refractivity contribution in [1.82, 2.24) is 15.1 Å². The van der Waals surface area contributed by atoms with Gasteiger partial charge >= 0.3 is 0 Å². The summed E-state index contributed by atoms with van der Waals surface area (Å²) in [5.74, 6) is 0.153. The molecule has 1 amide bonds. The number of carbonyl (C=O) groups is 1. The van der Waals surface area contributed by atoms with E-state index in [1.54, 1.807) is 0 Å². The summed E-state index contributed by atoms with van der Waals surface area (Å²) in [5.41, 5.74) is 0.995. The molecule has 1 aromatic carbocycles. The number of rotatable bonds is 5. The molecule has 3 aliphatic rings. The topological polar surface area (TPSA) is 44.8 Å². The Morgan fingerprint density at radius 1 is 1.04 bits per heavy atom. The highest BCUT2D eigenvalue weighted by molar-refractivity contribution is 5.82. The zero-order valence-electron chi connectivity index (χ0n) is 15.6.